The van der Waals surface area contributed by atoms with E-state index in [2.05, 4.69) is 35.8 Å². The van der Waals surface area contributed by atoms with Gasteiger partial charge in [0.05, 0.1) is 11.8 Å². The second kappa shape index (κ2) is 9.99. The number of aliphatic hydroxyl groups is 1. The number of benzene rings is 2. The van der Waals surface area contributed by atoms with Gasteiger partial charge in [-0.15, -0.1) is 0 Å². The highest BCUT2D eigenvalue weighted by Gasteiger charge is 2.08. The van der Waals surface area contributed by atoms with Crippen molar-refractivity contribution in [3.63, 3.8) is 0 Å². The molecule has 3 rings (SSSR count). The Balaban J connectivity index is 1.74. The van der Waals surface area contributed by atoms with Gasteiger partial charge in [-0.25, -0.2) is 4.39 Å². The molecule has 3 aromatic rings. The highest BCUT2D eigenvalue weighted by atomic mass is 19.1. The zero-order valence-electron chi connectivity index (χ0n) is 16.6. The Morgan fingerprint density at radius 3 is 2.79 bits per heavy atom. The van der Waals surface area contributed by atoms with Crippen molar-refractivity contribution < 1.29 is 14.2 Å². The van der Waals surface area contributed by atoms with Crippen LogP contribution in [0.4, 0.5) is 4.39 Å². The van der Waals surface area contributed by atoms with Gasteiger partial charge in [-0.3, -0.25) is 4.98 Å². The van der Waals surface area contributed by atoms with Crippen LogP contribution < -0.4 is 4.74 Å². The van der Waals surface area contributed by atoms with Crippen molar-refractivity contribution >= 4 is 16.8 Å². The van der Waals surface area contributed by atoms with Crippen LogP contribution in [0.5, 0.6) is 5.75 Å². The predicted octanol–water partition coefficient (Wildman–Crippen LogP) is 6.17. The third kappa shape index (κ3) is 5.75. The summed E-state index contributed by atoms with van der Waals surface area (Å²) in [5.41, 5.74) is 2.53. The SMILES string of the molecule is C=CCOc1ccc(-c2cc3ccc(/C=C/CCCC(C)O)cc3cn2)cc1F. The van der Waals surface area contributed by atoms with Gasteiger partial charge in [0.2, 0.25) is 0 Å². The number of halogens is 1. The van der Waals surface area contributed by atoms with Crippen LogP contribution >= 0.6 is 0 Å². The van der Waals surface area contributed by atoms with E-state index in [1.807, 2.05) is 25.3 Å². The lowest BCUT2D eigenvalue weighted by molar-refractivity contribution is 0.182. The average molecular weight is 391 g/mol. The largest absolute Gasteiger partial charge is 0.486 e. The summed E-state index contributed by atoms with van der Waals surface area (Å²) in [5, 5.41) is 11.4. The number of unbranched alkanes of at least 4 members (excludes halogenated alkanes) is 1. The van der Waals surface area contributed by atoms with Gasteiger partial charge in [-0.1, -0.05) is 36.9 Å². The number of fused-ring (bicyclic) bond motifs is 1. The van der Waals surface area contributed by atoms with Gasteiger partial charge < -0.3 is 9.84 Å². The standard InChI is InChI=1S/C25H26FNO2/c1-3-13-29-25-12-11-21(15-23(25)26)24-16-20-10-9-19(14-22(20)17-27-24)8-6-4-5-7-18(2)28/h3,6,8-12,14-18,28H,1,4-5,7,13H2,2H3/b8-6+. The summed E-state index contributed by atoms with van der Waals surface area (Å²) in [6, 6.07) is 13.0. The molecule has 0 aliphatic heterocycles. The predicted molar refractivity (Wildman–Crippen MR) is 117 cm³/mol. The molecule has 0 spiro atoms. The van der Waals surface area contributed by atoms with E-state index in [0.717, 1.165) is 35.6 Å². The molecule has 0 aliphatic carbocycles. The second-order valence-corrected chi connectivity index (χ2v) is 7.10. The number of aromatic nitrogens is 1. The highest BCUT2D eigenvalue weighted by molar-refractivity contribution is 5.87. The number of rotatable bonds is 9. The lowest BCUT2D eigenvalue weighted by atomic mass is 10.0. The average Bonchev–Trinajstić information content (AvgIpc) is 2.72. The smallest absolute Gasteiger partial charge is 0.165 e. The summed E-state index contributed by atoms with van der Waals surface area (Å²) >= 11 is 0. The maximum atomic E-state index is 14.2. The Kier molecular flexibility index (Phi) is 7.14. The van der Waals surface area contributed by atoms with Crippen molar-refractivity contribution in [2.24, 2.45) is 0 Å². The monoisotopic (exact) mass is 391 g/mol. The van der Waals surface area contributed by atoms with Gasteiger partial charge in [-0.05, 0) is 67.5 Å². The molecule has 29 heavy (non-hydrogen) atoms. The first-order chi connectivity index (χ1) is 14.1. The Bertz CT molecular complexity index is 1010. The first-order valence-corrected chi connectivity index (χ1v) is 9.85. The van der Waals surface area contributed by atoms with Gasteiger partial charge in [0, 0.05) is 17.1 Å². The van der Waals surface area contributed by atoms with Crippen molar-refractivity contribution in [3.05, 3.63) is 78.8 Å². The maximum absolute atomic E-state index is 14.2. The van der Waals surface area contributed by atoms with Gasteiger partial charge in [0.25, 0.3) is 0 Å². The molecule has 0 saturated carbocycles. The topological polar surface area (TPSA) is 42.4 Å². The van der Waals surface area contributed by atoms with Gasteiger partial charge in [-0.2, -0.15) is 0 Å². The van der Waals surface area contributed by atoms with Crippen molar-refractivity contribution in [2.45, 2.75) is 32.3 Å². The molecule has 4 heteroatoms. The molecule has 0 saturated heterocycles. The van der Waals surface area contributed by atoms with E-state index in [4.69, 9.17) is 4.74 Å². The number of pyridine rings is 1. The molecule has 0 bridgehead atoms. The van der Waals surface area contributed by atoms with Crippen LogP contribution in [0.3, 0.4) is 0 Å². The van der Waals surface area contributed by atoms with Crippen LogP contribution in [0, 0.1) is 5.82 Å². The molecule has 0 radical (unpaired) electrons. The Hall–Kier alpha value is -2.98. The quantitative estimate of drug-likeness (QED) is 0.350. The molecule has 0 aliphatic rings. The molecule has 1 atom stereocenters. The summed E-state index contributed by atoms with van der Waals surface area (Å²) in [7, 11) is 0. The molecule has 150 valence electrons. The van der Waals surface area contributed by atoms with Crippen LogP contribution in [0.25, 0.3) is 28.1 Å². The number of hydrogen-bond acceptors (Lipinski definition) is 3. The molecule has 1 unspecified atom stereocenters. The summed E-state index contributed by atoms with van der Waals surface area (Å²) < 4.78 is 19.5. The van der Waals surface area contributed by atoms with E-state index in [1.165, 1.54) is 6.07 Å². The Labute approximate surface area is 171 Å². The molecule has 2 aromatic carbocycles. The highest BCUT2D eigenvalue weighted by Crippen LogP contribution is 2.27. The third-order valence-electron chi connectivity index (χ3n) is 4.63. The minimum Gasteiger partial charge on any atom is -0.486 e. The van der Waals surface area contributed by atoms with E-state index in [9.17, 15) is 9.50 Å². The zero-order valence-corrected chi connectivity index (χ0v) is 16.6. The molecule has 1 aromatic heterocycles. The molecule has 3 nitrogen and oxygen atoms in total. The van der Waals surface area contributed by atoms with Gasteiger partial charge in [0.1, 0.15) is 6.61 Å². The van der Waals surface area contributed by atoms with Gasteiger partial charge in [0.15, 0.2) is 11.6 Å². The third-order valence-corrected chi connectivity index (χ3v) is 4.63. The van der Waals surface area contributed by atoms with E-state index < -0.39 is 5.82 Å². The van der Waals surface area contributed by atoms with Crippen molar-refractivity contribution in [1.82, 2.24) is 4.98 Å². The Morgan fingerprint density at radius 2 is 2.03 bits per heavy atom. The molecule has 0 amide bonds. The Morgan fingerprint density at radius 1 is 1.17 bits per heavy atom. The second-order valence-electron chi connectivity index (χ2n) is 7.10. The van der Waals surface area contributed by atoms with Crippen LogP contribution in [0.1, 0.15) is 31.7 Å². The van der Waals surface area contributed by atoms with Crippen molar-refractivity contribution in [2.75, 3.05) is 6.61 Å². The molecular formula is C25H26FNO2. The summed E-state index contributed by atoms with van der Waals surface area (Å²) in [4.78, 5) is 4.50. The van der Waals surface area contributed by atoms with Crippen LogP contribution in [-0.4, -0.2) is 22.8 Å². The minimum absolute atomic E-state index is 0.208. The molecule has 1 heterocycles. The number of aliphatic hydroxyl groups excluding tert-OH is 1. The van der Waals surface area contributed by atoms with Crippen LogP contribution in [0.15, 0.2) is 67.4 Å². The van der Waals surface area contributed by atoms with Crippen molar-refractivity contribution in [1.29, 1.82) is 0 Å². The molecule has 1 N–H and O–H groups in total. The summed E-state index contributed by atoms with van der Waals surface area (Å²) in [5.74, 6) is -0.207. The zero-order chi connectivity index (χ0) is 20.6. The van der Waals surface area contributed by atoms with E-state index >= 15 is 0 Å². The maximum Gasteiger partial charge on any atom is 0.165 e. The lowest BCUT2D eigenvalue weighted by Gasteiger charge is -2.08. The fourth-order valence-corrected chi connectivity index (χ4v) is 3.10. The van der Waals surface area contributed by atoms with E-state index in [0.29, 0.717) is 11.3 Å². The number of allylic oxidation sites excluding steroid dienone is 1. The van der Waals surface area contributed by atoms with Crippen molar-refractivity contribution in [3.8, 4) is 17.0 Å². The van der Waals surface area contributed by atoms with E-state index in [1.54, 1.807) is 18.2 Å². The number of hydrogen-bond donors (Lipinski definition) is 1. The molecule has 0 fully saturated rings. The summed E-state index contributed by atoms with van der Waals surface area (Å²) in [6.07, 6.45) is 10.1. The van der Waals surface area contributed by atoms with Gasteiger partial charge >= 0.3 is 0 Å². The number of ether oxygens (including phenoxy) is 1. The minimum atomic E-state index is -0.415. The number of nitrogens with zero attached hydrogens (tertiary/aromatic N) is 1. The first kappa shape index (κ1) is 20.7. The fraction of sp³-hybridized carbons (Fsp3) is 0.240. The van der Waals surface area contributed by atoms with E-state index in [-0.39, 0.29) is 18.5 Å². The first-order valence-electron chi connectivity index (χ1n) is 9.85. The normalized spacial score (nSPS) is 12.4. The van der Waals surface area contributed by atoms with Crippen LogP contribution in [-0.2, 0) is 0 Å². The van der Waals surface area contributed by atoms with Crippen LogP contribution in [0.2, 0.25) is 0 Å². The summed E-state index contributed by atoms with van der Waals surface area (Å²) in [6.45, 7) is 5.64. The molecular weight excluding hydrogens is 365 g/mol. The fourth-order valence-electron chi connectivity index (χ4n) is 3.10. The lowest BCUT2D eigenvalue weighted by Crippen LogP contribution is -1.97.